The Morgan fingerprint density at radius 1 is 1.21 bits per heavy atom. The molecule has 0 fully saturated rings. The maximum Gasteiger partial charge on any atom is 0.222 e. The summed E-state index contributed by atoms with van der Waals surface area (Å²) in [6.45, 7) is 10.8. The minimum atomic E-state index is 0.302. The van der Waals surface area contributed by atoms with Crippen LogP contribution in [0.3, 0.4) is 0 Å². The summed E-state index contributed by atoms with van der Waals surface area (Å²) >= 11 is 0. The molecule has 0 saturated carbocycles. The molecule has 1 N–H and O–H groups in total. The van der Waals surface area contributed by atoms with Crippen LogP contribution in [0.1, 0.15) is 41.1 Å². The molecule has 102 valence electrons. The van der Waals surface area contributed by atoms with Crippen LogP contribution in [0.15, 0.2) is 10.7 Å². The normalized spacial score (nSPS) is 12.5. The molecule has 1 atom stereocenters. The van der Waals surface area contributed by atoms with Gasteiger partial charge in [0.2, 0.25) is 5.95 Å². The standard InChI is InChI=1S/C14H20N4O/c1-8-6-15-14(17-10(8)3)16-7-9(2)13-11(4)18-19-12(13)5/h6,9H,7H2,1-5H3,(H,15,16,17). The molecule has 2 rings (SSSR count). The highest BCUT2D eigenvalue weighted by Crippen LogP contribution is 2.23. The molecule has 19 heavy (non-hydrogen) atoms. The highest BCUT2D eigenvalue weighted by Gasteiger charge is 2.16. The van der Waals surface area contributed by atoms with E-state index >= 15 is 0 Å². The number of hydrogen-bond acceptors (Lipinski definition) is 5. The minimum absolute atomic E-state index is 0.302. The molecular formula is C14H20N4O. The average molecular weight is 260 g/mol. The summed E-state index contributed by atoms with van der Waals surface area (Å²) in [5.41, 5.74) is 4.22. The molecular weight excluding hydrogens is 240 g/mol. The Kier molecular flexibility index (Phi) is 3.83. The highest BCUT2D eigenvalue weighted by molar-refractivity contribution is 5.31. The topological polar surface area (TPSA) is 63.8 Å². The zero-order valence-corrected chi connectivity index (χ0v) is 12.1. The average Bonchev–Trinajstić information content (AvgIpc) is 2.70. The van der Waals surface area contributed by atoms with Gasteiger partial charge < -0.3 is 9.84 Å². The fourth-order valence-electron chi connectivity index (χ4n) is 2.15. The molecule has 2 aromatic heterocycles. The highest BCUT2D eigenvalue weighted by atomic mass is 16.5. The van der Waals surface area contributed by atoms with Crippen LogP contribution < -0.4 is 5.32 Å². The first-order valence-electron chi connectivity index (χ1n) is 6.46. The summed E-state index contributed by atoms with van der Waals surface area (Å²) < 4.78 is 5.19. The predicted octanol–water partition coefficient (Wildman–Crippen LogP) is 2.91. The lowest BCUT2D eigenvalue weighted by Crippen LogP contribution is -2.13. The Hall–Kier alpha value is -1.91. The summed E-state index contributed by atoms with van der Waals surface area (Å²) in [6.07, 6.45) is 1.84. The summed E-state index contributed by atoms with van der Waals surface area (Å²) in [6, 6.07) is 0. The summed E-state index contributed by atoms with van der Waals surface area (Å²) in [7, 11) is 0. The summed E-state index contributed by atoms with van der Waals surface area (Å²) in [5, 5.41) is 7.25. The lowest BCUT2D eigenvalue weighted by molar-refractivity contribution is 0.391. The fourth-order valence-corrected chi connectivity index (χ4v) is 2.15. The molecule has 2 aromatic rings. The van der Waals surface area contributed by atoms with Crippen LogP contribution in [0.25, 0.3) is 0 Å². The van der Waals surface area contributed by atoms with Crippen LogP contribution >= 0.6 is 0 Å². The van der Waals surface area contributed by atoms with E-state index in [2.05, 4.69) is 27.4 Å². The molecule has 0 aliphatic heterocycles. The van der Waals surface area contributed by atoms with Gasteiger partial charge in [0, 0.05) is 29.9 Å². The van der Waals surface area contributed by atoms with E-state index in [1.165, 1.54) is 0 Å². The smallest absolute Gasteiger partial charge is 0.222 e. The van der Waals surface area contributed by atoms with Crippen molar-refractivity contribution in [2.75, 3.05) is 11.9 Å². The van der Waals surface area contributed by atoms with Gasteiger partial charge >= 0.3 is 0 Å². The third-order valence-corrected chi connectivity index (χ3v) is 3.37. The van der Waals surface area contributed by atoms with E-state index in [1.807, 2.05) is 33.9 Å². The second kappa shape index (κ2) is 5.38. The number of anilines is 1. The van der Waals surface area contributed by atoms with Crippen molar-refractivity contribution in [3.05, 3.63) is 34.5 Å². The van der Waals surface area contributed by atoms with Crippen molar-refractivity contribution in [3.63, 3.8) is 0 Å². The first-order valence-corrected chi connectivity index (χ1v) is 6.46. The maximum atomic E-state index is 5.19. The monoisotopic (exact) mass is 260 g/mol. The number of aromatic nitrogens is 3. The van der Waals surface area contributed by atoms with Crippen molar-refractivity contribution in [1.29, 1.82) is 0 Å². The summed E-state index contributed by atoms with van der Waals surface area (Å²) in [5.74, 6) is 1.85. The molecule has 2 heterocycles. The van der Waals surface area contributed by atoms with Crippen LogP contribution in [-0.4, -0.2) is 21.7 Å². The van der Waals surface area contributed by atoms with E-state index in [0.717, 1.165) is 34.8 Å². The van der Waals surface area contributed by atoms with E-state index in [-0.39, 0.29) is 0 Å². The maximum absolute atomic E-state index is 5.19. The van der Waals surface area contributed by atoms with Crippen molar-refractivity contribution in [2.24, 2.45) is 0 Å². The van der Waals surface area contributed by atoms with Gasteiger partial charge in [-0.3, -0.25) is 0 Å². The second-order valence-corrected chi connectivity index (χ2v) is 4.98. The Balaban J connectivity index is 2.04. The van der Waals surface area contributed by atoms with E-state index in [1.54, 1.807) is 0 Å². The van der Waals surface area contributed by atoms with Crippen molar-refractivity contribution >= 4 is 5.95 Å². The lowest BCUT2D eigenvalue weighted by Gasteiger charge is -2.13. The van der Waals surface area contributed by atoms with Crippen molar-refractivity contribution in [3.8, 4) is 0 Å². The minimum Gasteiger partial charge on any atom is -0.361 e. The number of nitrogens with zero attached hydrogens (tertiary/aromatic N) is 3. The van der Waals surface area contributed by atoms with Gasteiger partial charge in [-0.25, -0.2) is 9.97 Å². The molecule has 0 spiro atoms. The largest absolute Gasteiger partial charge is 0.361 e. The molecule has 0 aliphatic carbocycles. The van der Waals surface area contributed by atoms with Gasteiger partial charge in [0.15, 0.2) is 0 Å². The summed E-state index contributed by atoms with van der Waals surface area (Å²) in [4.78, 5) is 8.69. The van der Waals surface area contributed by atoms with E-state index < -0.39 is 0 Å². The van der Waals surface area contributed by atoms with Crippen molar-refractivity contribution in [2.45, 2.75) is 40.5 Å². The third-order valence-electron chi connectivity index (χ3n) is 3.37. The number of rotatable bonds is 4. The Labute approximate surface area is 113 Å². The van der Waals surface area contributed by atoms with Crippen LogP contribution in [0.5, 0.6) is 0 Å². The Morgan fingerprint density at radius 3 is 2.53 bits per heavy atom. The van der Waals surface area contributed by atoms with E-state index in [4.69, 9.17) is 4.52 Å². The first kappa shape index (κ1) is 13.5. The number of hydrogen-bond donors (Lipinski definition) is 1. The lowest BCUT2D eigenvalue weighted by atomic mass is 10.00. The molecule has 1 unspecified atom stereocenters. The molecule has 0 aromatic carbocycles. The van der Waals surface area contributed by atoms with Crippen molar-refractivity contribution < 1.29 is 4.52 Å². The van der Waals surface area contributed by atoms with E-state index in [0.29, 0.717) is 11.9 Å². The van der Waals surface area contributed by atoms with E-state index in [9.17, 15) is 0 Å². The van der Waals surface area contributed by atoms with Gasteiger partial charge in [-0.05, 0) is 33.3 Å². The third kappa shape index (κ3) is 2.92. The second-order valence-electron chi connectivity index (χ2n) is 4.98. The zero-order chi connectivity index (χ0) is 14.0. The molecule has 5 nitrogen and oxygen atoms in total. The van der Waals surface area contributed by atoms with Gasteiger partial charge in [-0.15, -0.1) is 0 Å². The molecule has 0 radical (unpaired) electrons. The molecule has 0 amide bonds. The molecule has 0 saturated heterocycles. The van der Waals surface area contributed by atoms with Gasteiger partial charge in [-0.2, -0.15) is 0 Å². The van der Waals surface area contributed by atoms with Crippen LogP contribution in [-0.2, 0) is 0 Å². The number of aryl methyl sites for hydroxylation is 4. The van der Waals surface area contributed by atoms with Crippen molar-refractivity contribution in [1.82, 2.24) is 15.1 Å². The van der Waals surface area contributed by atoms with Gasteiger partial charge in [0.25, 0.3) is 0 Å². The van der Waals surface area contributed by atoms with Crippen LogP contribution in [0.2, 0.25) is 0 Å². The van der Waals surface area contributed by atoms with Gasteiger partial charge in [0.05, 0.1) is 5.69 Å². The molecule has 0 bridgehead atoms. The fraction of sp³-hybridized carbons (Fsp3) is 0.500. The number of nitrogens with one attached hydrogen (secondary N) is 1. The Morgan fingerprint density at radius 2 is 1.95 bits per heavy atom. The zero-order valence-electron chi connectivity index (χ0n) is 12.1. The Bertz CT molecular complexity index is 557. The molecule has 0 aliphatic rings. The van der Waals surface area contributed by atoms with Gasteiger partial charge in [0.1, 0.15) is 5.76 Å². The SMILES string of the molecule is Cc1cnc(NCC(C)c2c(C)noc2C)nc1C. The van der Waals surface area contributed by atoms with Crippen LogP contribution in [0.4, 0.5) is 5.95 Å². The first-order chi connectivity index (χ1) is 8.99. The van der Waals surface area contributed by atoms with Crippen LogP contribution in [0, 0.1) is 27.7 Å². The quantitative estimate of drug-likeness (QED) is 0.915. The predicted molar refractivity (Wildman–Crippen MR) is 74.4 cm³/mol. The molecule has 5 heteroatoms. The van der Waals surface area contributed by atoms with Gasteiger partial charge in [-0.1, -0.05) is 12.1 Å².